The van der Waals surface area contributed by atoms with Crippen molar-refractivity contribution in [2.45, 2.75) is 18.7 Å². The summed E-state index contributed by atoms with van der Waals surface area (Å²) in [6, 6.07) is 18.7. The highest BCUT2D eigenvalue weighted by molar-refractivity contribution is 7.92. The van der Waals surface area contributed by atoms with Crippen LogP contribution in [0.4, 0.5) is 11.4 Å². The second-order valence-electron chi connectivity index (χ2n) is 6.94. The zero-order chi connectivity index (χ0) is 21.9. The van der Waals surface area contributed by atoms with Crippen molar-refractivity contribution in [2.75, 3.05) is 23.8 Å². The van der Waals surface area contributed by atoms with E-state index in [1.54, 1.807) is 67.6 Å². The molecular weight excluding hydrogens is 400 g/mol. The quantitative estimate of drug-likeness (QED) is 0.637. The molecule has 0 spiro atoms. The molecule has 0 aromatic heterocycles. The van der Waals surface area contributed by atoms with Gasteiger partial charge in [-0.25, -0.2) is 8.42 Å². The molecule has 0 aliphatic carbocycles. The Morgan fingerprint density at radius 2 is 1.63 bits per heavy atom. The SMILES string of the molecule is COc1ccccc1NC(=O)c1ccc(C)c(N(C)S(=O)(=O)c2ccc(C)cc2)c1. The van der Waals surface area contributed by atoms with Gasteiger partial charge in [0.05, 0.1) is 23.4 Å². The van der Waals surface area contributed by atoms with Crippen molar-refractivity contribution in [1.29, 1.82) is 0 Å². The number of aryl methyl sites for hydroxylation is 2. The molecule has 0 fully saturated rings. The number of hydrogen-bond acceptors (Lipinski definition) is 4. The zero-order valence-electron chi connectivity index (χ0n) is 17.3. The van der Waals surface area contributed by atoms with E-state index in [0.29, 0.717) is 22.7 Å². The maximum atomic E-state index is 13.1. The number of methoxy groups -OCH3 is 1. The first kappa shape index (κ1) is 21.4. The molecule has 0 heterocycles. The third-order valence-electron chi connectivity index (χ3n) is 4.85. The van der Waals surface area contributed by atoms with E-state index in [4.69, 9.17) is 4.74 Å². The molecule has 1 amide bonds. The van der Waals surface area contributed by atoms with Gasteiger partial charge in [-0.1, -0.05) is 35.9 Å². The molecule has 7 heteroatoms. The standard InChI is InChI=1S/C23H24N2O4S/c1-16-9-13-19(14-10-16)30(27,28)25(3)21-15-18(12-11-17(21)2)23(26)24-20-7-5-6-8-22(20)29-4/h5-15H,1-4H3,(H,24,26). The third kappa shape index (κ3) is 4.31. The summed E-state index contributed by atoms with van der Waals surface area (Å²) in [6.07, 6.45) is 0. The van der Waals surface area contributed by atoms with Crippen LogP contribution >= 0.6 is 0 Å². The summed E-state index contributed by atoms with van der Waals surface area (Å²) >= 11 is 0. The summed E-state index contributed by atoms with van der Waals surface area (Å²) in [5.74, 6) is 0.180. The zero-order valence-corrected chi connectivity index (χ0v) is 18.2. The van der Waals surface area contributed by atoms with Crippen molar-refractivity contribution in [2.24, 2.45) is 0 Å². The van der Waals surface area contributed by atoms with E-state index in [0.717, 1.165) is 11.1 Å². The molecule has 0 atom stereocenters. The van der Waals surface area contributed by atoms with E-state index in [9.17, 15) is 13.2 Å². The van der Waals surface area contributed by atoms with Crippen molar-refractivity contribution >= 4 is 27.3 Å². The molecule has 30 heavy (non-hydrogen) atoms. The normalized spacial score (nSPS) is 11.1. The summed E-state index contributed by atoms with van der Waals surface area (Å²) in [5, 5.41) is 2.81. The number of amides is 1. The van der Waals surface area contributed by atoms with Crippen LogP contribution < -0.4 is 14.4 Å². The lowest BCUT2D eigenvalue weighted by atomic mass is 10.1. The largest absolute Gasteiger partial charge is 0.495 e. The lowest BCUT2D eigenvalue weighted by molar-refractivity contribution is 0.102. The van der Waals surface area contributed by atoms with Gasteiger partial charge in [-0.05, 0) is 55.8 Å². The molecule has 1 N–H and O–H groups in total. The maximum absolute atomic E-state index is 13.1. The van der Waals surface area contributed by atoms with Crippen LogP contribution in [0.2, 0.25) is 0 Å². The average Bonchev–Trinajstić information content (AvgIpc) is 2.74. The van der Waals surface area contributed by atoms with Crippen molar-refractivity contribution in [3.8, 4) is 5.75 Å². The van der Waals surface area contributed by atoms with Crippen LogP contribution in [0.5, 0.6) is 5.75 Å². The van der Waals surface area contributed by atoms with Gasteiger partial charge in [-0.3, -0.25) is 9.10 Å². The van der Waals surface area contributed by atoms with Crippen LogP contribution in [0.15, 0.2) is 71.6 Å². The molecule has 0 bridgehead atoms. The van der Waals surface area contributed by atoms with Crippen LogP contribution in [0.3, 0.4) is 0 Å². The van der Waals surface area contributed by atoms with Crippen molar-refractivity contribution in [3.05, 3.63) is 83.4 Å². The van der Waals surface area contributed by atoms with Crippen LogP contribution in [0, 0.1) is 13.8 Å². The first-order valence-electron chi connectivity index (χ1n) is 9.34. The number of benzene rings is 3. The second-order valence-corrected chi connectivity index (χ2v) is 8.91. The fourth-order valence-corrected chi connectivity index (χ4v) is 4.28. The molecule has 0 aliphatic rings. The number of carbonyl (C=O) groups excluding carboxylic acids is 1. The average molecular weight is 425 g/mol. The topological polar surface area (TPSA) is 75.7 Å². The highest BCUT2D eigenvalue weighted by atomic mass is 32.2. The van der Waals surface area contributed by atoms with E-state index < -0.39 is 10.0 Å². The highest BCUT2D eigenvalue weighted by Gasteiger charge is 2.23. The molecule has 6 nitrogen and oxygen atoms in total. The summed E-state index contributed by atoms with van der Waals surface area (Å²) in [7, 11) is -0.748. The van der Waals surface area contributed by atoms with E-state index in [-0.39, 0.29) is 10.8 Å². The number of carbonyl (C=O) groups is 1. The monoisotopic (exact) mass is 424 g/mol. The molecule has 3 aromatic carbocycles. The number of nitrogens with one attached hydrogen (secondary N) is 1. The number of sulfonamides is 1. The van der Waals surface area contributed by atoms with E-state index in [1.807, 2.05) is 13.0 Å². The Hall–Kier alpha value is -3.32. The third-order valence-corrected chi connectivity index (χ3v) is 6.63. The Morgan fingerprint density at radius 3 is 2.30 bits per heavy atom. The van der Waals surface area contributed by atoms with E-state index in [2.05, 4.69) is 5.32 Å². The minimum Gasteiger partial charge on any atom is -0.495 e. The van der Waals surface area contributed by atoms with Gasteiger partial charge < -0.3 is 10.1 Å². The van der Waals surface area contributed by atoms with Gasteiger partial charge in [0.1, 0.15) is 5.75 Å². The molecular formula is C23H24N2O4S. The minimum absolute atomic E-state index is 0.193. The van der Waals surface area contributed by atoms with Gasteiger partial charge >= 0.3 is 0 Å². The first-order valence-corrected chi connectivity index (χ1v) is 10.8. The van der Waals surface area contributed by atoms with E-state index in [1.165, 1.54) is 18.5 Å². The molecule has 0 aliphatic heterocycles. The lowest BCUT2D eigenvalue weighted by Crippen LogP contribution is -2.27. The van der Waals surface area contributed by atoms with Gasteiger partial charge in [0.2, 0.25) is 0 Å². The summed E-state index contributed by atoms with van der Waals surface area (Å²) in [4.78, 5) is 13.0. The number of nitrogens with zero attached hydrogens (tertiary/aromatic N) is 1. The molecule has 156 valence electrons. The Balaban J connectivity index is 1.92. The fraction of sp³-hybridized carbons (Fsp3) is 0.174. The molecule has 3 rings (SSSR count). The number of para-hydroxylation sites is 2. The number of anilines is 2. The predicted molar refractivity (Wildman–Crippen MR) is 119 cm³/mol. The van der Waals surface area contributed by atoms with Gasteiger partial charge in [0.25, 0.3) is 15.9 Å². The minimum atomic E-state index is -3.76. The highest BCUT2D eigenvalue weighted by Crippen LogP contribution is 2.28. The Labute approximate surface area is 177 Å². The molecule has 0 saturated carbocycles. The van der Waals surface area contributed by atoms with Crippen molar-refractivity contribution in [3.63, 3.8) is 0 Å². The smallest absolute Gasteiger partial charge is 0.264 e. The molecule has 0 radical (unpaired) electrons. The van der Waals surface area contributed by atoms with Gasteiger partial charge in [0, 0.05) is 12.6 Å². The van der Waals surface area contributed by atoms with Gasteiger partial charge in [-0.15, -0.1) is 0 Å². The molecule has 0 saturated heterocycles. The fourth-order valence-electron chi connectivity index (χ4n) is 3.03. The second kappa shape index (κ2) is 8.59. The lowest BCUT2D eigenvalue weighted by Gasteiger charge is -2.22. The maximum Gasteiger partial charge on any atom is 0.264 e. The van der Waals surface area contributed by atoms with Crippen LogP contribution in [0.1, 0.15) is 21.5 Å². The number of hydrogen-bond donors (Lipinski definition) is 1. The molecule has 0 unspecified atom stereocenters. The van der Waals surface area contributed by atoms with Gasteiger partial charge in [0.15, 0.2) is 0 Å². The Bertz CT molecular complexity index is 1170. The van der Waals surface area contributed by atoms with E-state index >= 15 is 0 Å². The number of rotatable bonds is 6. The number of ether oxygens (including phenoxy) is 1. The Kier molecular flexibility index (Phi) is 6.12. The van der Waals surface area contributed by atoms with Crippen molar-refractivity contribution in [1.82, 2.24) is 0 Å². The van der Waals surface area contributed by atoms with Crippen LogP contribution in [0.25, 0.3) is 0 Å². The summed E-state index contributed by atoms with van der Waals surface area (Å²) in [5.41, 5.74) is 3.02. The van der Waals surface area contributed by atoms with Crippen LogP contribution in [-0.2, 0) is 10.0 Å². The summed E-state index contributed by atoms with van der Waals surface area (Å²) < 4.78 is 32.6. The van der Waals surface area contributed by atoms with Gasteiger partial charge in [-0.2, -0.15) is 0 Å². The van der Waals surface area contributed by atoms with Crippen molar-refractivity contribution < 1.29 is 17.9 Å². The first-order chi connectivity index (χ1) is 14.2. The molecule has 3 aromatic rings. The Morgan fingerprint density at radius 1 is 0.967 bits per heavy atom. The predicted octanol–water partition coefficient (Wildman–Crippen LogP) is 4.39. The summed E-state index contributed by atoms with van der Waals surface area (Å²) in [6.45, 7) is 3.70. The van der Waals surface area contributed by atoms with Crippen LogP contribution in [-0.4, -0.2) is 28.5 Å².